The molecule has 4 saturated carbocycles. The lowest BCUT2D eigenvalue weighted by Gasteiger charge is -2.55. The second-order valence-electron chi connectivity index (χ2n) is 6.59. The van der Waals surface area contributed by atoms with Crippen LogP contribution in [0.3, 0.4) is 0 Å². The Hall–Kier alpha value is -1.05. The largest absolute Gasteiger partial charge is 0.456 e. The summed E-state index contributed by atoms with van der Waals surface area (Å²) >= 11 is 0. The summed E-state index contributed by atoms with van der Waals surface area (Å²) in [5.41, 5.74) is 0.399. The van der Waals surface area contributed by atoms with Crippen LogP contribution in [0.25, 0.3) is 0 Å². The van der Waals surface area contributed by atoms with Gasteiger partial charge in [-0.05, 0) is 62.7 Å². The van der Waals surface area contributed by atoms with Crippen LogP contribution >= 0.6 is 0 Å². The number of carbonyl (C=O) groups is 1. The first kappa shape index (κ1) is 12.0. The van der Waals surface area contributed by atoms with E-state index in [0.29, 0.717) is 12.0 Å². The highest BCUT2D eigenvalue weighted by atomic mass is 16.6. The molecule has 0 atom stereocenters. The topological polar surface area (TPSA) is 26.3 Å². The van der Waals surface area contributed by atoms with Crippen LogP contribution in [0.15, 0.2) is 24.8 Å². The molecule has 0 radical (unpaired) electrons. The Balaban J connectivity index is 1.70. The summed E-state index contributed by atoms with van der Waals surface area (Å²) in [6.07, 6.45) is 9.61. The van der Waals surface area contributed by atoms with Crippen molar-refractivity contribution in [2.45, 2.75) is 50.5 Å². The number of hydrogen-bond acceptors (Lipinski definition) is 2. The fourth-order valence-corrected chi connectivity index (χ4v) is 4.68. The Morgan fingerprint density at radius 3 is 2.11 bits per heavy atom. The van der Waals surface area contributed by atoms with Crippen molar-refractivity contribution < 1.29 is 9.53 Å². The molecule has 18 heavy (non-hydrogen) atoms. The minimum Gasteiger partial charge on any atom is -0.456 e. The molecule has 4 aliphatic rings. The molecule has 0 saturated heterocycles. The summed E-state index contributed by atoms with van der Waals surface area (Å²) in [7, 11) is 0. The molecule has 0 amide bonds. The van der Waals surface area contributed by atoms with E-state index >= 15 is 0 Å². The van der Waals surface area contributed by atoms with Gasteiger partial charge < -0.3 is 4.74 Å². The van der Waals surface area contributed by atoms with Crippen molar-refractivity contribution in [2.75, 3.05) is 0 Å². The highest BCUT2D eigenvalue weighted by Gasteiger charge is 2.53. The Kier molecular flexibility index (Phi) is 2.84. The van der Waals surface area contributed by atoms with Gasteiger partial charge in [0.15, 0.2) is 0 Å². The van der Waals surface area contributed by atoms with Crippen molar-refractivity contribution in [1.29, 1.82) is 0 Å². The summed E-state index contributed by atoms with van der Waals surface area (Å²) in [6.45, 7) is 7.44. The zero-order valence-electron chi connectivity index (χ0n) is 11.0. The van der Waals surface area contributed by atoms with Gasteiger partial charge in [-0.25, -0.2) is 4.79 Å². The van der Waals surface area contributed by atoms with Gasteiger partial charge in [-0.2, -0.15) is 0 Å². The first-order valence-corrected chi connectivity index (χ1v) is 7.12. The molecule has 4 fully saturated rings. The molecule has 4 rings (SSSR count). The van der Waals surface area contributed by atoms with Gasteiger partial charge >= 0.3 is 5.97 Å². The Morgan fingerprint density at radius 1 is 1.17 bits per heavy atom. The third-order valence-corrected chi connectivity index (χ3v) is 4.97. The van der Waals surface area contributed by atoms with Crippen molar-refractivity contribution >= 4 is 5.97 Å². The number of allylic oxidation sites excluding steroid dienone is 1. The van der Waals surface area contributed by atoms with Crippen LogP contribution in [0.2, 0.25) is 0 Å². The molecule has 0 unspecified atom stereocenters. The molecule has 2 heteroatoms. The molecule has 0 N–H and O–H groups in total. The van der Waals surface area contributed by atoms with E-state index in [2.05, 4.69) is 13.2 Å². The standard InChI is InChI=1S/C16H22O2/c1-3-4-11(2)15(17)18-16-8-12-5-13(9-16)7-14(6-12)10-16/h3,12-14H,1-2,4-10H2. The van der Waals surface area contributed by atoms with Crippen molar-refractivity contribution in [3.05, 3.63) is 24.8 Å². The minimum atomic E-state index is -0.197. The van der Waals surface area contributed by atoms with Gasteiger partial charge in [-0.1, -0.05) is 12.7 Å². The van der Waals surface area contributed by atoms with Crippen molar-refractivity contribution in [2.24, 2.45) is 17.8 Å². The quantitative estimate of drug-likeness (QED) is 0.430. The van der Waals surface area contributed by atoms with Crippen LogP contribution in [0.4, 0.5) is 0 Å². The van der Waals surface area contributed by atoms with Gasteiger partial charge in [0.25, 0.3) is 0 Å². The first-order chi connectivity index (χ1) is 8.60. The fraction of sp³-hybridized carbons (Fsp3) is 0.688. The SMILES string of the molecule is C=CCC(=C)C(=O)OC12CC3CC(CC(C3)C1)C2. The lowest BCUT2D eigenvalue weighted by atomic mass is 9.54. The molecule has 0 aromatic heterocycles. The van der Waals surface area contributed by atoms with Gasteiger partial charge in [0.2, 0.25) is 0 Å². The first-order valence-electron chi connectivity index (χ1n) is 7.12. The summed E-state index contributed by atoms with van der Waals surface area (Å²) in [4.78, 5) is 12.0. The molecule has 98 valence electrons. The van der Waals surface area contributed by atoms with E-state index in [1.54, 1.807) is 6.08 Å². The number of carbonyl (C=O) groups excluding carboxylic acids is 1. The predicted octanol–water partition coefficient (Wildman–Crippen LogP) is 3.63. The number of esters is 1. The van der Waals surface area contributed by atoms with E-state index in [1.807, 2.05) is 0 Å². The second kappa shape index (κ2) is 4.25. The lowest BCUT2D eigenvalue weighted by Crippen LogP contribution is -2.52. The monoisotopic (exact) mass is 246 g/mol. The van der Waals surface area contributed by atoms with E-state index in [-0.39, 0.29) is 11.6 Å². The molecule has 0 spiro atoms. The van der Waals surface area contributed by atoms with Crippen LogP contribution < -0.4 is 0 Å². The summed E-state index contributed by atoms with van der Waals surface area (Å²) in [5.74, 6) is 2.21. The van der Waals surface area contributed by atoms with E-state index in [1.165, 1.54) is 19.3 Å². The van der Waals surface area contributed by atoms with Crippen molar-refractivity contribution in [3.8, 4) is 0 Å². The minimum absolute atomic E-state index is 0.143. The number of ether oxygens (including phenoxy) is 1. The van der Waals surface area contributed by atoms with Crippen LogP contribution in [0.5, 0.6) is 0 Å². The van der Waals surface area contributed by atoms with Crippen LogP contribution in [-0.4, -0.2) is 11.6 Å². The van der Waals surface area contributed by atoms with Gasteiger partial charge in [0.05, 0.1) is 0 Å². The average Bonchev–Trinajstić information content (AvgIpc) is 2.26. The van der Waals surface area contributed by atoms with Crippen LogP contribution in [-0.2, 0) is 9.53 Å². The molecule has 0 heterocycles. The third-order valence-electron chi connectivity index (χ3n) is 4.97. The lowest BCUT2D eigenvalue weighted by molar-refractivity contribution is -0.182. The maximum absolute atomic E-state index is 12.0. The van der Waals surface area contributed by atoms with Gasteiger partial charge in [-0.3, -0.25) is 0 Å². The molecular formula is C16H22O2. The Morgan fingerprint density at radius 2 is 1.67 bits per heavy atom. The Labute approximate surface area is 109 Å². The van der Waals surface area contributed by atoms with Crippen LogP contribution in [0, 0.1) is 17.8 Å². The molecule has 4 aliphatic carbocycles. The molecule has 4 bridgehead atoms. The molecule has 0 aromatic rings. The summed E-state index contributed by atoms with van der Waals surface area (Å²) in [6, 6.07) is 0. The highest BCUT2D eigenvalue weighted by Crippen LogP contribution is 2.57. The average molecular weight is 246 g/mol. The second-order valence-corrected chi connectivity index (χ2v) is 6.59. The zero-order valence-corrected chi connectivity index (χ0v) is 11.0. The van der Waals surface area contributed by atoms with Crippen molar-refractivity contribution in [3.63, 3.8) is 0 Å². The molecule has 2 nitrogen and oxygen atoms in total. The number of rotatable bonds is 4. The highest BCUT2D eigenvalue weighted by molar-refractivity contribution is 5.88. The van der Waals surface area contributed by atoms with E-state index < -0.39 is 0 Å². The summed E-state index contributed by atoms with van der Waals surface area (Å²) < 4.78 is 5.88. The van der Waals surface area contributed by atoms with Gasteiger partial charge in [0.1, 0.15) is 5.60 Å². The maximum Gasteiger partial charge on any atom is 0.334 e. The predicted molar refractivity (Wildman–Crippen MR) is 70.9 cm³/mol. The van der Waals surface area contributed by atoms with E-state index in [0.717, 1.165) is 37.0 Å². The zero-order chi connectivity index (χ0) is 12.8. The molecular weight excluding hydrogens is 224 g/mol. The molecule has 0 aromatic carbocycles. The van der Waals surface area contributed by atoms with Gasteiger partial charge in [0, 0.05) is 5.57 Å². The number of hydrogen-bond donors (Lipinski definition) is 0. The Bertz CT molecular complexity index is 359. The summed E-state index contributed by atoms with van der Waals surface area (Å²) in [5, 5.41) is 0. The van der Waals surface area contributed by atoms with E-state index in [4.69, 9.17) is 4.74 Å². The fourth-order valence-electron chi connectivity index (χ4n) is 4.68. The van der Waals surface area contributed by atoms with Crippen molar-refractivity contribution in [1.82, 2.24) is 0 Å². The smallest absolute Gasteiger partial charge is 0.334 e. The normalized spacial score (nSPS) is 40.6. The maximum atomic E-state index is 12.0. The van der Waals surface area contributed by atoms with E-state index in [9.17, 15) is 4.79 Å². The van der Waals surface area contributed by atoms with Crippen LogP contribution in [0.1, 0.15) is 44.9 Å². The third kappa shape index (κ3) is 2.02. The van der Waals surface area contributed by atoms with Gasteiger partial charge in [-0.15, -0.1) is 6.58 Å². The molecule has 0 aliphatic heterocycles.